The predicted octanol–water partition coefficient (Wildman–Crippen LogP) is 4.56. The molecule has 1 saturated heterocycles. The number of aliphatic hydroxyl groups is 1. The zero-order chi connectivity index (χ0) is 25.4. The van der Waals surface area contributed by atoms with E-state index in [4.69, 9.17) is 4.74 Å². The van der Waals surface area contributed by atoms with Crippen molar-refractivity contribution in [3.63, 3.8) is 0 Å². The molecule has 4 atom stereocenters. The molecule has 0 saturated carbocycles. The van der Waals surface area contributed by atoms with E-state index >= 15 is 0 Å². The summed E-state index contributed by atoms with van der Waals surface area (Å²) in [5.41, 5.74) is 7.70. The molecule has 0 radical (unpaired) electrons. The number of hydrogen-bond donors (Lipinski definition) is 3. The van der Waals surface area contributed by atoms with E-state index in [2.05, 4.69) is 76.9 Å². The quantitative estimate of drug-likeness (QED) is 0.336. The fraction of sp³-hybridized carbons (Fsp3) is 0.367. The van der Waals surface area contributed by atoms with Crippen LogP contribution in [0.2, 0.25) is 0 Å². The van der Waals surface area contributed by atoms with Crippen LogP contribution in [0.5, 0.6) is 0 Å². The van der Waals surface area contributed by atoms with E-state index in [1.807, 2.05) is 7.05 Å². The average Bonchev–Trinajstić information content (AvgIpc) is 3.50. The first-order chi connectivity index (χ1) is 17.9. The Balaban J connectivity index is 1.72. The molecule has 1 amide bonds. The maximum atomic E-state index is 13.5. The zero-order valence-corrected chi connectivity index (χ0v) is 21.5. The van der Waals surface area contributed by atoms with Gasteiger partial charge in [0, 0.05) is 46.5 Å². The van der Waals surface area contributed by atoms with Crippen LogP contribution >= 0.6 is 0 Å². The molecule has 2 unspecified atom stereocenters. The van der Waals surface area contributed by atoms with Gasteiger partial charge in [-0.25, -0.2) is 0 Å². The second-order valence-electron chi connectivity index (χ2n) is 11.3. The Labute approximate surface area is 214 Å². The summed E-state index contributed by atoms with van der Waals surface area (Å²) in [6.45, 7) is 6.85. The summed E-state index contributed by atoms with van der Waals surface area (Å²) < 4.78 is 11.8. The van der Waals surface area contributed by atoms with E-state index < -0.39 is 5.72 Å². The van der Waals surface area contributed by atoms with Gasteiger partial charge in [0.05, 0.1) is 34.2 Å². The molecule has 37 heavy (non-hydrogen) atoms. The standard InChI is InChI=1S/C30H30N4O3/c1-14-5-7-21-16(9-14)25-26-18(12-32-29(26)36)24-17-10-15(2)6-8-22(17)34-28(24)27(25)33(21)23-11-20(31-4)19(13-35)30(34,3)37-23/h5-10,19-20,23,31,35H,11-13H2,1-4H3,(H,32,36)/t19-,20+,23?,30?/m1/s1. The summed E-state index contributed by atoms with van der Waals surface area (Å²) in [6, 6.07) is 13.1. The van der Waals surface area contributed by atoms with Crippen LogP contribution in [-0.2, 0) is 17.0 Å². The Morgan fingerprint density at radius 2 is 1.78 bits per heavy atom. The minimum Gasteiger partial charge on any atom is -0.396 e. The fourth-order valence-corrected chi connectivity index (χ4v) is 7.73. The van der Waals surface area contributed by atoms with Crippen LogP contribution in [0, 0.1) is 19.8 Å². The maximum Gasteiger partial charge on any atom is 0.252 e. The maximum absolute atomic E-state index is 13.5. The zero-order valence-electron chi connectivity index (χ0n) is 21.5. The van der Waals surface area contributed by atoms with Crippen LogP contribution in [0.4, 0.5) is 0 Å². The third kappa shape index (κ3) is 2.41. The molecule has 8 rings (SSSR count). The van der Waals surface area contributed by atoms with Crippen LogP contribution in [0.3, 0.4) is 0 Å². The molecule has 3 N–H and O–H groups in total. The van der Waals surface area contributed by atoms with Crippen LogP contribution in [0.15, 0.2) is 36.4 Å². The van der Waals surface area contributed by atoms with E-state index in [1.54, 1.807) is 0 Å². The van der Waals surface area contributed by atoms with Crippen molar-refractivity contribution in [2.24, 2.45) is 5.92 Å². The molecule has 3 aliphatic rings. The lowest BCUT2D eigenvalue weighted by Crippen LogP contribution is -2.56. The molecule has 3 aromatic carbocycles. The van der Waals surface area contributed by atoms with Gasteiger partial charge in [-0.2, -0.15) is 0 Å². The first-order valence-corrected chi connectivity index (χ1v) is 13.2. The van der Waals surface area contributed by atoms with Crippen molar-refractivity contribution in [2.45, 2.75) is 51.7 Å². The number of fused-ring (bicyclic) bond motifs is 13. The van der Waals surface area contributed by atoms with Crippen molar-refractivity contribution in [3.05, 3.63) is 58.7 Å². The number of carbonyl (C=O) groups excluding carboxylic acids is 1. The number of aryl methyl sites for hydroxylation is 2. The average molecular weight is 495 g/mol. The Morgan fingerprint density at radius 1 is 1.08 bits per heavy atom. The highest BCUT2D eigenvalue weighted by Crippen LogP contribution is 2.54. The van der Waals surface area contributed by atoms with Gasteiger partial charge < -0.3 is 29.6 Å². The normalized spacial score (nSPS) is 26.5. The molecule has 2 aromatic heterocycles. The highest BCUT2D eigenvalue weighted by molar-refractivity contribution is 6.31. The van der Waals surface area contributed by atoms with E-state index in [0.29, 0.717) is 6.54 Å². The number of nitrogens with one attached hydrogen (secondary N) is 2. The summed E-state index contributed by atoms with van der Waals surface area (Å²) in [5.74, 6) is -0.165. The van der Waals surface area contributed by atoms with Gasteiger partial charge in [0.25, 0.3) is 5.91 Å². The highest BCUT2D eigenvalue weighted by atomic mass is 16.5. The summed E-state index contributed by atoms with van der Waals surface area (Å²) >= 11 is 0. The SMILES string of the molecule is CN[C@H]1CC2OC(C)([C@@H]1CO)n1c3ccc(C)cc3c3c4c(c5c6cc(C)ccc6n2c5c31)C(=O)NC4. The lowest BCUT2D eigenvalue weighted by Gasteiger charge is -2.48. The highest BCUT2D eigenvalue weighted by Gasteiger charge is 2.52. The van der Waals surface area contributed by atoms with Gasteiger partial charge in [-0.15, -0.1) is 0 Å². The molecule has 0 spiro atoms. The van der Waals surface area contributed by atoms with Crippen molar-refractivity contribution in [1.82, 2.24) is 19.8 Å². The number of carbonyl (C=O) groups is 1. The number of aliphatic hydroxyl groups excluding tert-OH is 1. The molecule has 2 bridgehead atoms. The van der Waals surface area contributed by atoms with Gasteiger partial charge in [0.15, 0.2) is 5.72 Å². The number of benzene rings is 3. The number of nitrogens with zero attached hydrogens (tertiary/aromatic N) is 2. The van der Waals surface area contributed by atoms with Crippen molar-refractivity contribution in [1.29, 1.82) is 0 Å². The van der Waals surface area contributed by atoms with Gasteiger partial charge in [0.1, 0.15) is 6.23 Å². The van der Waals surface area contributed by atoms with E-state index in [1.165, 1.54) is 5.56 Å². The van der Waals surface area contributed by atoms with Crippen molar-refractivity contribution < 1.29 is 14.6 Å². The third-order valence-corrected chi connectivity index (χ3v) is 9.32. The summed E-state index contributed by atoms with van der Waals surface area (Å²) in [7, 11) is 1.97. The van der Waals surface area contributed by atoms with Gasteiger partial charge in [-0.1, -0.05) is 23.3 Å². The Morgan fingerprint density at radius 3 is 2.49 bits per heavy atom. The van der Waals surface area contributed by atoms with Crippen LogP contribution in [0.25, 0.3) is 43.6 Å². The van der Waals surface area contributed by atoms with Gasteiger partial charge in [-0.3, -0.25) is 4.79 Å². The third-order valence-electron chi connectivity index (χ3n) is 9.32. The lowest BCUT2D eigenvalue weighted by atomic mass is 9.84. The number of ether oxygens (including phenoxy) is 1. The fourth-order valence-electron chi connectivity index (χ4n) is 7.73. The van der Waals surface area contributed by atoms with E-state index in [0.717, 1.165) is 66.7 Å². The molecule has 0 aliphatic carbocycles. The monoisotopic (exact) mass is 494 g/mol. The van der Waals surface area contributed by atoms with Gasteiger partial charge in [-0.05, 0) is 57.6 Å². The Hall–Kier alpha value is -3.39. The molecule has 5 aromatic rings. The second-order valence-corrected chi connectivity index (χ2v) is 11.3. The number of hydrogen-bond acceptors (Lipinski definition) is 4. The summed E-state index contributed by atoms with van der Waals surface area (Å²) in [4.78, 5) is 13.5. The Bertz CT molecular complexity index is 1850. The number of aromatic nitrogens is 2. The lowest BCUT2D eigenvalue weighted by molar-refractivity contribution is -0.234. The Kier molecular flexibility index (Phi) is 4.05. The second kappa shape index (κ2) is 6.92. The first kappa shape index (κ1) is 21.7. The topological polar surface area (TPSA) is 80.4 Å². The molecule has 7 heteroatoms. The van der Waals surface area contributed by atoms with E-state index in [9.17, 15) is 9.90 Å². The largest absolute Gasteiger partial charge is 0.396 e. The van der Waals surface area contributed by atoms with Crippen LogP contribution in [-0.4, -0.2) is 39.8 Å². The summed E-state index contributed by atoms with van der Waals surface area (Å²) in [6.07, 6.45) is 0.468. The predicted molar refractivity (Wildman–Crippen MR) is 145 cm³/mol. The van der Waals surface area contributed by atoms with E-state index in [-0.39, 0.29) is 30.7 Å². The van der Waals surface area contributed by atoms with Gasteiger partial charge in [0.2, 0.25) is 0 Å². The number of rotatable bonds is 2. The minimum atomic E-state index is -0.798. The van der Waals surface area contributed by atoms with Crippen molar-refractivity contribution in [3.8, 4) is 0 Å². The minimum absolute atomic E-state index is 0.00467. The summed E-state index contributed by atoms with van der Waals surface area (Å²) in [5, 5.41) is 21.7. The molecule has 3 aliphatic heterocycles. The molecule has 188 valence electrons. The molecular weight excluding hydrogens is 464 g/mol. The molecule has 5 heterocycles. The van der Waals surface area contributed by atoms with Crippen molar-refractivity contribution in [2.75, 3.05) is 13.7 Å². The number of amides is 1. The van der Waals surface area contributed by atoms with Crippen LogP contribution in [0.1, 0.15) is 46.6 Å². The van der Waals surface area contributed by atoms with Crippen molar-refractivity contribution >= 4 is 49.5 Å². The van der Waals surface area contributed by atoms with Crippen LogP contribution < -0.4 is 10.6 Å². The molecule has 1 fully saturated rings. The molecular formula is C30H30N4O3. The first-order valence-electron chi connectivity index (χ1n) is 13.2. The van der Waals surface area contributed by atoms with Gasteiger partial charge >= 0.3 is 0 Å². The smallest absolute Gasteiger partial charge is 0.252 e. The molecule has 7 nitrogen and oxygen atoms in total.